The van der Waals surface area contributed by atoms with Gasteiger partial charge in [-0.25, -0.2) is 13.2 Å². The van der Waals surface area contributed by atoms with Gasteiger partial charge in [-0.15, -0.1) is 0 Å². The Bertz CT molecular complexity index is 599. The third kappa shape index (κ3) is 2.81. The van der Waals surface area contributed by atoms with E-state index in [-0.39, 0.29) is 12.2 Å². The Balaban J connectivity index is 2.25. The van der Waals surface area contributed by atoms with Crippen molar-refractivity contribution in [2.24, 2.45) is 0 Å². The minimum absolute atomic E-state index is 0.00696. The molecular weight excluding hydrogens is 253 g/mol. The van der Waals surface area contributed by atoms with Crippen molar-refractivity contribution < 1.29 is 13.2 Å². The van der Waals surface area contributed by atoms with Crippen molar-refractivity contribution in [3.63, 3.8) is 0 Å². The summed E-state index contributed by atoms with van der Waals surface area (Å²) in [5.74, 6) is -1.79. The molecule has 2 aromatic carbocycles. The molecule has 0 amide bonds. The average molecular weight is 266 g/mol. The van der Waals surface area contributed by atoms with Gasteiger partial charge in [0.2, 0.25) is 0 Å². The molecule has 2 rings (SSSR count). The van der Waals surface area contributed by atoms with Crippen molar-refractivity contribution in [1.82, 2.24) is 0 Å². The Hall–Kier alpha value is -2.17. The van der Waals surface area contributed by atoms with E-state index in [9.17, 15) is 13.2 Å². The molecule has 2 nitrogen and oxygen atoms in total. The maximum Gasteiger partial charge on any atom is 0.148 e. The fourth-order valence-electron chi connectivity index (χ4n) is 1.85. The molecule has 0 radical (unpaired) electrons. The summed E-state index contributed by atoms with van der Waals surface area (Å²) in [6.45, 7) is 0.166. The Kier molecular flexibility index (Phi) is 3.64. The Morgan fingerprint density at radius 1 is 1.05 bits per heavy atom. The molecule has 0 atom stereocenters. The number of para-hydroxylation sites is 1. The number of hydrogen-bond donors (Lipinski definition) is 1. The number of anilines is 2. The van der Waals surface area contributed by atoms with Gasteiger partial charge in [0, 0.05) is 25.2 Å². The summed E-state index contributed by atoms with van der Waals surface area (Å²) in [6.07, 6.45) is 0. The molecular formula is C14H13F3N2. The van der Waals surface area contributed by atoms with Gasteiger partial charge >= 0.3 is 0 Å². The highest BCUT2D eigenvalue weighted by molar-refractivity contribution is 5.67. The molecule has 0 saturated carbocycles. The van der Waals surface area contributed by atoms with E-state index in [0.717, 1.165) is 6.07 Å². The molecule has 0 spiro atoms. The summed E-state index contributed by atoms with van der Waals surface area (Å²) >= 11 is 0. The van der Waals surface area contributed by atoms with Crippen LogP contribution in [0.15, 0.2) is 36.4 Å². The molecule has 0 unspecified atom stereocenters. The normalized spacial score (nSPS) is 10.5. The monoisotopic (exact) mass is 266 g/mol. The summed E-state index contributed by atoms with van der Waals surface area (Å²) < 4.78 is 39.7. The van der Waals surface area contributed by atoms with E-state index in [4.69, 9.17) is 5.73 Å². The lowest BCUT2D eigenvalue weighted by Crippen LogP contribution is -2.19. The summed E-state index contributed by atoms with van der Waals surface area (Å²) in [5.41, 5.74) is 6.41. The second kappa shape index (κ2) is 5.22. The lowest BCUT2D eigenvalue weighted by Gasteiger charge is -2.21. The van der Waals surface area contributed by atoms with Crippen molar-refractivity contribution >= 4 is 11.4 Å². The molecule has 2 N–H and O–H groups in total. The molecule has 2 aromatic rings. The smallest absolute Gasteiger partial charge is 0.148 e. The molecule has 0 aromatic heterocycles. The topological polar surface area (TPSA) is 29.3 Å². The van der Waals surface area contributed by atoms with Crippen LogP contribution in [-0.2, 0) is 6.54 Å². The lowest BCUT2D eigenvalue weighted by molar-refractivity contribution is 0.571. The van der Waals surface area contributed by atoms with Gasteiger partial charge in [0.05, 0.1) is 11.4 Å². The van der Waals surface area contributed by atoms with Crippen molar-refractivity contribution in [2.75, 3.05) is 17.7 Å². The molecule has 0 saturated heterocycles. The molecule has 0 aliphatic carbocycles. The number of benzene rings is 2. The second-order valence-electron chi connectivity index (χ2n) is 4.26. The van der Waals surface area contributed by atoms with Gasteiger partial charge in [0.25, 0.3) is 0 Å². The van der Waals surface area contributed by atoms with E-state index in [2.05, 4.69) is 0 Å². The second-order valence-corrected chi connectivity index (χ2v) is 4.26. The van der Waals surface area contributed by atoms with Gasteiger partial charge in [-0.05, 0) is 18.2 Å². The van der Waals surface area contributed by atoms with E-state index in [1.54, 1.807) is 18.0 Å². The van der Waals surface area contributed by atoms with Gasteiger partial charge in [-0.1, -0.05) is 12.1 Å². The number of nitrogen functional groups attached to an aromatic ring is 1. The molecule has 100 valence electrons. The average Bonchev–Trinajstić information content (AvgIpc) is 2.36. The molecule has 0 aliphatic heterocycles. The van der Waals surface area contributed by atoms with Crippen molar-refractivity contribution in [1.29, 1.82) is 0 Å². The first-order valence-electron chi connectivity index (χ1n) is 5.68. The van der Waals surface area contributed by atoms with Crippen LogP contribution in [-0.4, -0.2) is 7.05 Å². The lowest BCUT2D eigenvalue weighted by atomic mass is 10.1. The number of nitrogens with two attached hydrogens (primary N) is 1. The van der Waals surface area contributed by atoms with Crippen LogP contribution in [0.4, 0.5) is 24.5 Å². The molecule has 5 heteroatoms. The zero-order valence-electron chi connectivity index (χ0n) is 10.3. The summed E-state index contributed by atoms with van der Waals surface area (Å²) in [7, 11) is 1.66. The predicted molar refractivity (Wildman–Crippen MR) is 69.3 cm³/mol. The fourth-order valence-corrected chi connectivity index (χ4v) is 1.85. The standard InChI is InChI=1S/C14H13F3N2/c1-19(13-4-2-3-11(16)14(13)18)8-9-5-6-10(15)7-12(9)17/h2-7H,8,18H2,1H3. The summed E-state index contributed by atoms with van der Waals surface area (Å²) in [4.78, 5) is 1.61. The van der Waals surface area contributed by atoms with Gasteiger partial charge in [0.1, 0.15) is 17.5 Å². The highest BCUT2D eigenvalue weighted by Gasteiger charge is 2.11. The number of halogens is 3. The van der Waals surface area contributed by atoms with E-state index >= 15 is 0 Å². The van der Waals surface area contributed by atoms with Crippen LogP contribution >= 0.6 is 0 Å². The highest BCUT2D eigenvalue weighted by Crippen LogP contribution is 2.26. The molecule has 0 aliphatic rings. The van der Waals surface area contributed by atoms with E-state index in [1.807, 2.05) is 0 Å². The van der Waals surface area contributed by atoms with Crippen LogP contribution in [0.1, 0.15) is 5.56 Å². The van der Waals surface area contributed by atoms with Crippen LogP contribution in [0, 0.1) is 17.5 Å². The SMILES string of the molecule is CN(Cc1ccc(F)cc1F)c1cccc(F)c1N. The van der Waals surface area contributed by atoms with E-state index in [1.165, 1.54) is 24.3 Å². The summed E-state index contributed by atoms with van der Waals surface area (Å²) in [5, 5.41) is 0. The van der Waals surface area contributed by atoms with Gasteiger partial charge in [-0.2, -0.15) is 0 Å². The van der Waals surface area contributed by atoms with E-state index in [0.29, 0.717) is 11.3 Å². The zero-order chi connectivity index (χ0) is 14.0. The first-order chi connectivity index (χ1) is 8.99. The van der Waals surface area contributed by atoms with Crippen LogP contribution in [0.2, 0.25) is 0 Å². The summed E-state index contributed by atoms with van der Waals surface area (Å²) in [6, 6.07) is 7.78. The Morgan fingerprint density at radius 3 is 2.47 bits per heavy atom. The quantitative estimate of drug-likeness (QED) is 0.863. The highest BCUT2D eigenvalue weighted by atomic mass is 19.1. The maximum absolute atomic E-state index is 13.5. The minimum atomic E-state index is -0.637. The molecule has 0 fully saturated rings. The van der Waals surface area contributed by atoms with Gasteiger partial charge in [0.15, 0.2) is 0 Å². The van der Waals surface area contributed by atoms with Crippen LogP contribution in [0.3, 0.4) is 0 Å². The Morgan fingerprint density at radius 2 is 1.79 bits per heavy atom. The van der Waals surface area contributed by atoms with Crippen LogP contribution < -0.4 is 10.6 Å². The Labute approximate surface area is 109 Å². The van der Waals surface area contributed by atoms with E-state index < -0.39 is 17.5 Å². The number of nitrogens with zero attached hydrogens (tertiary/aromatic N) is 1. The first kappa shape index (κ1) is 13.3. The molecule has 0 heterocycles. The third-order valence-corrected chi connectivity index (χ3v) is 2.86. The maximum atomic E-state index is 13.5. The first-order valence-corrected chi connectivity index (χ1v) is 5.68. The minimum Gasteiger partial charge on any atom is -0.395 e. The third-order valence-electron chi connectivity index (χ3n) is 2.86. The van der Waals surface area contributed by atoms with Crippen LogP contribution in [0.5, 0.6) is 0 Å². The zero-order valence-corrected chi connectivity index (χ0v) is 10.3. The predicted octanol–water partition coefficient (Wildman–Crippen LogP) is 3.32. The number of hydrogen-bond acceptors (Lipinski definition) is 2. The van der Waals surface area contributed by atoms with Gasteiger partial charge < -0.3 is 10.6 Å². The van der Waals surface area contributed by atoms with Crippen molar-refractivity contribution in [2.45, 2.75) is 6.54 Å². The van der Waals surface area contributed by atoms with Crippen molar-refractivity contribution in [3.8, 4) is 0 Å². The molecule has 0 bridgehead atoms. The number of rotatable bonds is 3. The largest absolute Gasteiger partial charge is 0.395 e. The molecule has 19 heavy (non-hydrogen) atoms. The van der Waals surface area contributed by atoms with Crippen LogP contribution in [0.25, 0.3) is 0 Å². The van der Waals surface area contributed by atoms with Gasteiger partial charge in [-0.3, -0.25) is 0 Å². The fraction of sp³-hybridized carbons (Fsp3) is 0.143. The van der Waals surface area contributed by atoms with Crippen molar-refractivity contribution in [3.05, 3.63) is 59.4 Å².